The predicted octanol–water partition coefficient (Wildman–Crippen LogP) is 0.935. The van der Waals surface area contributed by atoms with E-state index < -0.39 is 18.1 Å². The fourth-order valence-corrected chi connectivity index (χ4v) is 1.59. The minimum absolute atomic E-state index is 0.352. The fraction of sp³-hybridized carbons (Fsp3) is 0.875. The molecule has 1 fully saturated rings. The van der Waals surface area contributed by atoms with Crippen molar-refractivity contribution in [2.24, 2.45) is 5.73 Å². The number of carbonyl (C=O) groups excluding carboxylic acids is 1. The van der Waals surface area contributed by atoms with Gasteiger partial charge in [0.1, 0.15) is 0 Å². The molecule has 0 aliphatic heterocycles. The zero-order valence-electron chi connectivity index (χ0n) is 7.60. The smallest absolute Gasteiger partial charge is 0.344 e. The quantitative estimate of drug-likeness (QED) is 0.676. The van der Waals surface area contributed by atoms with Crippen LogP contribution in [0.4, 0.5) is 13.2 Å². The van der Waals surface area contributed by atoms with Crippen molar-refractivity contribution < 1.29 is 18.0 Å². The summed E-state index contributed by atoms with van der Waals surface area (Å²) in [6, 6.07) is -0.882. The zero-order valence-corrected chi connectivity index (χ0v) is 7.60. The molecule has 0 aromatic rings. The molecule has 82 valence electrons. The van der Waals surface area contributed by atoms with Gasteiger partial charge in [0.15, 0.2) is 0 Å². The lowest BCUT2D eigenvalue weighted by Crippen LogP contribution is -2.52. The summed E-state index contributed by atoms with van der Waals surface area (Å²) in [5.41, 5.74) is 5.59. The van der Waals surface area contributed by atoms with Gasteiger partial charge in [0.2, 0.25) is 0 Å². The van der Waals surface area contributed by atoms with E-state index in [1.807, 2.05) is 5.32 Å². The van der Waals surface area contributed by atoms with E-state index in [2.05, 4.69) is 0 Å². The highest BCUT2D eigenvalue weighted by atomic mass is 19.4. The summed E-state index contributed by atoms with van der Waals surface area (Å²) < 4.78 is 35.6. The Kier molecular flexibility index (Phi) is 3.36. The van der Waals surface area contributed by atoms with Crippen LogP contribution < -0.4 is 11.1 Å². The molecule has 0 spiro atoms. The summed E-state index contributed by atoms with van der Waals surface area (Å²) in [5, 5.41) is 1.92. The summed E-state index contributed by atoms with van der Waals surface area (Å²) >= 11 is 0. The van der Waals surface area contributed by atoms with Gasteiger partial charge in [-0.1, -0.05) is 12.8 Å². The van der Waals surface area contributed by atoms with Gasteiger partial charge in [-0.3, -0.25) is 4.79 Å². The Labute approximate surface area is 79.8 Å². The first-order valence-electron chi connectivity index (χ1n) is 4.54. The maximum absolute atomic E-state index is 11.9. The second-order valence-electron chi connectivity index (χ2n) is 3.53. The van der Waals surface area contributed by atoms with E-state index in [-0.39, 0.29) is 6.04 Å². The molecule has 0 heterocycles. The van der Waals surface area contributed by atoms with E-state index in [4.69, 9.17) is 5.73 Å². The summed E-state index contributed by atoms with van der Waals surface area (Å²) in [4.78, 5) is 10.6. The fourth-order valence-electron chi connectivity index (χ4n) is 1.59. The van der Waals surface area contributed by atoms with E-state index in [0.29, 0.717) is 12.8 Å². The van der Waals surface area contributed by atoms with Crippen LogP contribution in [0.2, 0.25) is 0 Å². The molecule has 14 heavy (non-hydrogen) atoms. The molecule has 3 nitrogen and oxygen atoms in total. The maximum Gasteiger partial charge on any atom is 0.471 e. The molecule has 1 amide bonds. The Morgan fingerprint density at radius 3 is 2.36 bits per heavy atom. The second kappa shape index (κ2) is 4.16. The largest absolute Gasteiger partial charge is 0.471 e. The van der Waals surface area contributed by atoms with Crippen LogP contribution in [0.1, 0.15) is 25.7 Å². The minimum Gasteiger partial charge on any atom is -0.344 e. The zero-order chi connectivity index (χ0) is 10.8. The van der Waals surface area contributed by atoms with Gasteiger partial charge >= 0.3 is 12.1 Å². The summed E-state index contributed by atoms with van der Waals surface area (Å²) in [6.45, 7) is 0. The molecular formula is C8H13F3N2O. The summed E-state index contributed by atoms with van der Waals surface area (Å²) in [6.07, 6.45) is -1.88. The Bertz CT molecular complexity index is 217. The molecule has 6 heteroatoms. The molecule has 0 aromatic heterocycles. The van der Waals surface area contributed by atoms with Crippen LogP contribution in [0.5, 0.6) is 0 Å². The average Bonchev–Trinajstić information content (AvgIpc) is 2.07. The summed E-state index contributed by atoms with van der Waals surface area (Å²) in [7, 11) is 0. The van der Waals surface area contributed by atoms with Crippen LogP contribution in [0.25, 0.3) is 0 Å². The average molecular weight is 210 g/mol. The Hall–Kier alpha value is -0.780. The number of hydrogen-bond donors (Lipinski definition) is 2. The predicted molar refractivity (Wildman–Crippen MR) is 44.4 cm³/mol. The molecule has 1 saturated carbocycles. The molecule has 1 aliphatic carbocycles. The number of nitrogens with one attached hydrogen (secondary N) is 1. The molecule has 0 radical (unpaired) electrons. The maximum atomic E-state index is 11.9. The highest BCUT2D eigenvalue weighted by Crippen LogP contribution is 2.20. The number of halogens is 3. The third-order valence-electron chi connectivity index (χ3n) is 2.39. The molecular weight excluding hydrogens is 197 g/mol. The SMILES string of the molecule is N[C@@H]1CCCC[C@H]1NC(=O)C(F)(F)F. The van der Waals surface area contributed by atoms with Crippen LogP contribution in [0, 0.1) is 0 Å². The van der Waals surface area contributed by atoms with Crippen molar-refractivity contribution in [3.05, 3.63) is 0 Å². The molecule has 0 bridgehead atoms. The van der Waals surface area contributed by atoms with Crippen molar-refractivity contribution >= 4 is 5.91 Å². The van der Waals surface area contributed by atoms with Crippen LogP contribution in [-0.4, -0.2) is 24.2 Å². The Balaban J connectivity index is 2.46. The van der Waals surface area contributed by atoms with Crippen LogP contribution in [0.3, 0.4) is 0 Å². The Morgan fingerprint density at radius 2 is 1.86 bits per heavy atom. The number of nitrogens with two attached hydrogens (primary N) is 1. The van der Waals surface area contributed by atoms with Gasteiger partial charge in [0.25, 0.3) is 0 Å². The van der Waals surface area contributed by atoms with E-state index >= 15 is 0 Å². The molecule has 0 saturated heterocycles. The Morgan fingerprint density at radius 1 is 1.29 bits per heavy atom. The topological polar surface area (TPSA) is 55.1 Å². The first-order valence-corrected chi connectivity index (χ1v) is 4.54. The molecule has 3 N–H and O–H groups in total. The van der Waals surface area contributed by atoms with Crippen LogP contribution in [-0.2, 0) is 4.79 Å². The number of carbonyl (C=O) groups is 1. The highest BCUT2D eigenvalue weighted by Gasteiger charge is 2.40. The molecule has 2 atom stereocenters. The van der Waals surface area contributed by atoms with Gasteiger partial charge in [-0.25, -0.2) is 0 Å². The standard InChI is InChI=1S/C8H13F3N2O/c9-8(10,11)7(14)13-6-4-2-1-3-5(6)12/h5-6H,1-4,12H2,(H,13,14)/t5-,6-/m1/s1. The minimum atomic E-state index is -4.81. The number of amides is 1. The van der Waals surface area contributed by atoms with Gasteiger partial charge in [-0.15, -0.1) is 0 Å². The van der Waals surface area contributed by atoms with E-state index in [9.17, 15) is 18.0 Å². The monoisotopic (exact) mass is 210 g/mol. The van der Waals surface area contributed by atoms with Gasteiger partial charge in [-0.05, 0) is 12.8 Å². The van der Waals surface area contributed by atoms with Gasteiger partial charge < -0.3 is 11.1 Å². The lowest BCUT2D eigenvalue weighted by Gasteiger charge is -2.29. The van der Waals surface area contributed by atoms with Crippen molar-refractivity contribution in [2.45, 2.75) is 43.9 Å². The number of hydrogen-bond acceptors (Lipinski definition) is 2. The van der Waals surface area contributed by atoms with E-state index in [0.717, 1.165) is 12.8 Å². The second-order valence-corrected chi connectivity index (χ2v) is 3.53. The van der Waals surface area contributed by atoms with Crippen molar-refractivity contribution in [3.8, 4) is 0 Å². The third kappa shape index (κ3) is 2.87. The summed E-state index contributed by atoms with van der Waals surface area (Å²) in [5.74, 6) is -1.89. The number of alkyl halides is 3. The lowest BCUT2D eigenvalue weighted by molar-refractivity contribution is -0.174. The van der Waals surface area contributed by atoms with Crippen LogP contribution >= 0.6 is 0 Å². The van der Waals surface area contributed by atoms with Crippen molar-refractivity contribution in [1.82, 2.24) is 5.32 Å². The van der Waals surface area contributed by atoms with E-state index in [1.165, 1.54) is 0 Å². The normalized spacial score (nSPS) is 28.6. The molecule has 1 aliphatic rings. The van der Waals surface area contributed by atoms with Gasteiger partial charge in [-0.2, -0.15) is 13.2 Å². The van der Waals surface area contributed by atoms with Crippen LogP contribution in [0.15, 0.2) is 0 Å². The lowest BCUT2D eigenvalue weighted by atomic mass is 9.91. The van der Waals surface area contributed by atoms with E-state index in [1.54, 1.807) is 0 Å². The first kappa shape index (κ1) is 11.3. The van der Waals surface area contributed by atoms with Gasteiger partial charge in [0.05, 0.1) is 0 Å². The third-order valence-corrected chi connectivity index (χ3v) is 2.39. The first-order chi connectivity index (χ1) is 6.41. The van der Waals surface area contributed by atoms with Crippen molar-refractivity contribution in [1.29, 1.82) is 0 Å². The van der Waals surface area contributed by atoms with Crippen molar-refractivity contribution in [3.63, 3.8) is 0 Å². The highest BCUT2D eigenvalue weighted by molar-refractivity contribution is 5.82. The molecule has 0 unspecified atom stereocenters. The molecule has 1 rings (SSSR count). The number of rotatable bonds is 1. The molecule has 0 aromatic carbocycles. The van der Waals surface area contributed by atoms with Crippen molar-refractivity contribution in [2.75, 3.05) is 0 Å². The van der Waals surface area contributed by atoms with Gasteiger partial charge in [0, 0.05) is 12.1 Å².